The van der Waals surface area contributed by atoms with Crippen molar-refractivity contribution < 1.29 is 23.9 Å². The van der Waals surface area contributed by atoms with Crippen molar-refractivity contribution in [3.05, 3.63) is 90.0 Å². The summed E-state index contributed by atoms with van der Waals surface area (Å²) in [6, 6.07) is 24.0. The second kappa shape index (κ2) is 15.5. The summed E-state index contributed by atoms with van der Waals surface area (Å²) < 4.78 is 10.9. The molecule has 0 saturated heterocycles. The highest BCUT2D eigenvalue weighted by atomic mass is 16.5. The maximum atomic E-state index is 13.7. The second-order valence-corrected chi connectivity index (χ2v) is 10.4. The molecular weight excluding hydrogens is 518 g/mol. The molecule has 1 aliphatic rings. The predicted molar refractivity (Wildman–Crippen MR) is 160 cm³/mol. The molecule has 0 radical (unpaired) electrons. The molecule has 0 heterocycles. The molecule has 0 aliphatic heterocycles. The van der Waals surface area contributed by atoms with Crippen molar-refractivity contribution >= 4 is 29.3 Å². The largest absolute Gasteiger partial charge is 0.487 e. The molecule has 8 heteroatoms. The van der Waals surface area contributed by atoms with Crippen LogP contribution in [0.3, 0.4) is 0 Å². The number of nitrogens with zero attached hydrogens (tertiary/aromatic N) is 1. The number of carbonyl (C=O) groups is 3. The minimum Gasteiger partial charge on any atom is -0.487 e. The number of nitrogens with one attached hydrogen (secondary N) is 2. The summed E-state index contributed by atoms with van der Waals surface area (Å²) in [5, 5.41) is 5.46. The summed E-state index contributed by atoms with van der Waals surface area (Å²) in [7, 11) is 1.34. The predicted octanol–water partition coefficient (Wildman–Crippen LogP) is 6.11. The molecule has 0 aromatic heterocycles. The van der Waals surface area contributed by atoms with Crippen molar-refractivity contribution in [3.8, 4) is 5.75 Å². The molecule has 0 bridgehead atoms. The van der Waals surface area contributed by atoms with Crippen LogP contribution in [0, 0.1) is 5.92 Å². The first-order valence-corrected chi connectivity index (χ1v) is 14.3. The van der Waals surface area contributed by atoms with Crippen LogP contribution in [-0.4, -0.2) is 38.1 Å². The number of amides is 3. The summed E-state index contributed by atoms with van der Waals surface area (Å²) in [6.07, 6.45) is 7.03. The Labute approximate surface area is 242 Å². The molecular formula is C33H39N3O5. The maximum absolute atomic E-state index is 13.7. The van der Waals surface area contributed by atoms with Gasteiger partial charge in [-0.05, 0) is 54.2 Å². The van der Waals surface area contributed by atoms with Gasteiger partial charge in [0.2, 0.25) is 5.91 Å². The number of ether oxygens (including phenoxy) is 2. The van der Waals surface area contributed by atoms with Crippen molar-refractivity contribution in [2.45, 2.75) is 51.6 Å². The third kappa shape index (κ3) is 9.38. The van der Waals surface area contributed by atoms with Crippen molar-refractivity contribution in [3.63, 3.8) is 0 Å². The second-order valence-electron chi connectivity index (χ2n) is 10.4. The van der Waals surface area contributed by atoms with Crippen LogP contribution in [0.5, 0.6) is 5.75 Å². The number of para-hydroxylation sites is 2. The number of urea groups is 1. The Morgan fingerprint density at radius 2 is 1.56 bits per heavy atom. The number of rotatable bonds is 11. The Morgan fingerprint density at radius 3 is 2.32 bits per heavy atom. The van der Waals surface area contributed by atoms with Gasteiger partial charge >= 0.3 is 12.0 Å². The van der Waals surface area contributed by atoms with E-state index in [0.717, 1.165) is 31.2 Å². The van der Waals surface area contributed by atoms with Crippen molar-refractivity contribution in [1.29, 1.82) is 0 Å². The lowest BCUT2D eigenvalue weighted by atomic mass is 9.99. The van der Waals surface area contributed by atoms with Gasteiger partial charge in [-0.1, -0.05) is 80.3 Å². The third-order valence-electron chi connectivity index (χ3n) is 7.27. The first kappa shape index (κ1) is 29.6. The maximum Gasteiger partial charge on any atom is 0.319 e. The molecule has 3 aromatic rings. The Balaban J connectivity index is 1.45. The summed E-state index contributed by atoms with van der Waals surface area (Å²) in [6.45, 7) is 0.788. The molecule has 41 heavy (non-hydrogen) atoms. The smallest absolute Gasteiger partial charge is 0.319 e. The normalized spacial score (nSPS) is 13.5. The highest BCUT2D eigenvalue weighted by Crippen LogP contribution is 2.32. The lowest BCUT2D eigenvalue weighted by Gasteiger charge is -2.29. The Hall–Kier alpha value is -4.33. The van der Waals surface area contributed by atoms with Gasteiger partial charge in [0.05, 0.1) is 25.8 Å². The number of methoxy groups -OCH3 is 1. The van der Waals surface area contributed by atoms with Crippen LogP contribution in [0.25, 0.3) is 0 Å². The Morgan fingerprint density at radius 1 is 0.854 bits per heavy atom. The van der Waals surface area contributed by atoms with Crippen molar-refractivity contribution in [1.82, 2.24) is 5.32 Å². The Bertz CT molecular complexity index is 1290. The zero-order valence-corrected chi connectivity index (χ0v) is 23.6. The van der Waals surface area contributed by atoms with Gasteiger partial charge in [0, 0.05) is 12.2 Å². The van der Waals surface area contributed by atoms with Gasteiger partial charge in [-0.2, -0.15) is 0 Å². The van der Waals surface area contributed by atoms with E-state index in [1.807, 2.05) is 54.6 Å². The zero-order chi connectivity index (χ0) is 28.9. The van der Waals surface area contributed by atoms with Crippen LogP contribution in [0.1, 0.15) is 49.7 Å². The topological polar surface area (TPSA) is 97.0 Å². The summed E-state index contributed by atoms with van der Waals surface area (Å²) in [4.78, 5) is 39.8. The minimum atomic E-state index is -0.503. The molecule has 1 fully saturated rings. The number of benzene rings is 3. The molecule has 8 nitrogen and oxygen atoms in total. The molecule has 0 atom stereocenters. The number of anilines is 2. The van der Waals surface area contributed by atoms with E-state index in [2.05, 4.69) is 10.6 Å². The van der Waals surface area contributed by atoms with Gasteiger partial charge in [0.25, 0.3) is 0 Å². The van der Waals surface area contributed by atoms with Crippen LogP contribution in [0.4, 0.5) is 16.2 Å². The van der Waals surface area contributed by atoms with E-state index < -0.39 is 6.03 Å². The first-order valence-electron chi connectivity index (χ1n) is 14.3. The van der Waals surface area contributed by atoms with Gasteiger partial charge in [-0.15, -0.1) is 0 Å². The van der Waals surface area contributed by atoms with Gasteiger partial charge in [0.15, 0.2) is 0 Å². The van der Waals surface area contributed by atoms with E-state index >= 15 is 0 Å². The number of hydrogen-bond acceptors (Lipinski definition) is 5. The fourth-order valence-electron chi connectivity index (χ4n) is 5.10. The highest BCUT2D eigenvalue weighted by molar-refractivity contribution is 5.99. The number of hydrogen-bond donors (Lipinski definition) is 2. The monoisotopic (exact) mass is 557 g/mol. The van der Waals surface area contributed by atoms with E-state index in [9.17, 15) is 14.4 Å². The molecule has 0 spiro atoms. The van der Waals surface area contributed by atoms with Crippen LogP contribution in [-0.2, 0) is 27.4 Å². The van der Waals surface area contributed by atoms with E-state index in [4.69, 9.17) is 9.47 Å². The average Bonchev–Trinajstić information content (AvgIpc) is 3.27. The highest BCUT2D eigenvalue weighted by Gasteiger charge is 2.24. The molecule has 4 rings (SSSR count). The van der Waals surface area contributed by atoms with Gasteiger partial charge in [-0.25, -0.2) is 4.79 Å². The molecule has 1 saturated carbocycles. The quantitative estimate of drug-likeness (QED) is 0.219. The average molecular weight is 558 g/mol. The van der Waals surface area contributed by atoms with Gasteiger partial charge < -0.3 is 25.0 Å². The molecule has 0 unspecified atom stereocenters. The number of carbonyl (C=O) groups excluding carboxylic acids is 3. The number of esters is 1. The molecule has 216 valence electrons. The molecule has 1 aliphatic carbocycles. The Kier molecular flexibility index (Phi) is 11.2. The van der Waals surface area contributed by atoms with Gasteiger partial charge in [0.1, 0.15) is 12.4 Å². The van der Waals surface area contributed by atoms with Crippen LogP contribution < -0.4 is 20.3 Å². The van der Waals surface area contributed by atoms with E-state index in [-0.39, 0.29) is 24.8 Å². The SMILES string of the molecule is COC(=O)Cc1cccc(NC(=O)NCC(=O)N(CC2CCCCCC2)c2ccccc2OCc2ccccc2)c1. The minimum absolute atomic E-state index is 0.105. The summed E-state index contributed by atoms with van der Waals surface area (Å²) >= 11 is 0. The fraction of sp³-hybridized carbons (Fsp3) is 0.364. The molecule has 2 N–H and O–H groups in total. The van der Waals surface area contributed by atoms with Crippen LogP contribution in [0.2, 0.25) is 0 Å². The van der Waals surface area contributed by atoms with Crippen LogP contribution >= 0.6 is 0 Å². The molecule has 3 amide bonds. The standard InChI is InChI=1S/C33H39N3O5/c1-40-32(38)21-27-16-11-17-28(20-27)35-33(39)34-22-31(37)36(23-25-12-5-2-3-6-13-25)29-18-9-10-19-30(29)41-24-26-14-7-4-8-15-26/h4,7-11,14-20,25H,2-3,5-6,12-13,21-24H2,1H3,(H2,34,35,39). The van der Waals surface area contributed by atoms with Crippen molar-refractivity contribution in [2.75, 3.05) is 30.4 Å². The fourth-order valence-corrected chi connectivity index (χ4v) is 5.10. The van der Waals surface area contributed by atoms with Gasteiger partial charge in [-0.3, -0.25) is 9.59 Å². The van der Waals surface area contributed by atoms with Crippen LogP contribution in [0.15, 0.2) is 78.9 Å². The van der Waals surface area contributed by atoms with E-state index in [1.165, 1.54) is 20.0 Å². The third-order valence-corrected chi connectivity index (χ3v) is 7.27. The first-order chi connectivity index (χ1) is 20.0. The van der Waals surface area contributed by atoms with Crippen molar-refractivity contribution in [2.24, 2.45) is 5.92 Å². The van der Waals surface area contributed by atoms with E-state index in [1.54, 1.807) is 29.2 Å². The zero-order valence-electron chi connectivity index (χ0n) is 23.6. The van der Waals surface area contributed by atoms with E-state index in [0.29, 0.717) is 41.8 Å². The molecule has 3 aromatic carbocycles. The summed E-state index contributed by atoms with van der Waals surface area (Å²) in [5.74, 6) is 0.443. The lowest BCUT2D eigenvalue weighted by Crippen LogP contribution is -2.43. The lowest BCUT2D eigenvalue weighted by molar-refractivity contribution is -0.139. The summed E-state index contributed by atoms with van der Waals surface area (Å²) in [5.41, 5.74) is 2.98.